The molecular weight excluding hydrogens is 242 g/mol. The average Bonchev–Trinajstić information content (AvgIpc) is 2.90. The van der Waals surface area contributed by atoms with Gasteiger partial charge in [0, 0.05) is 5.56 Å². The Morgan fingerprint density at radius 3 is 2.21 bits per heavy atom. The quantitative estimate of drug-likeness (QED) is 0.721. The summed E-state index contributed by atoms with van der Waals surface area (Å²) in [6, 6.07) is 11.4. The van der Waals surface area contributed by atoms with E-state index in [0.29, 0.717) is 0 Å². The maximum atomic E-state index is 5.22. The van der Waals surface area contributed by atoms with Crippen LogP contribution < -0.4 is 9.47 Å². The molecule has 2 heterocycles. The molecule has 19 heavy (non-hydrogen) atoms. The molecule has 0 spiro atoms. The van der Waals surface area contributed by atoms with Gasteiger partial charge in [-0.15, -0.1) is 10.2 Å². The number of aromatic nitrogens is 3. The van der Waals surface area contributed by atoms with Crippen LogP contribution in [0.2, 0.25) is 0 Å². The first kappa shape index (κ1) is 11.5. The lowest BCUT2D eigenvalue weighted by atomic mass is 10.2. The molecule has 2 aromatic heterocycles. The molecule has 0 unspecified atom stereocenters. The molecule has 0 atom stereocenters. The van der Waals surface area contributed by atoms with Crippen molar-refractivity contribution in [1.82, 2.24) is 14.6 Å². The summed E-state index contributed by atoms with van der Waals surface area (Å²) in [5, 5.41) is 8.35. The molecule has 0 aliphatic carbocycles. The van der Waals surface area contributed by atoms with Crippen LogP contribution in [0.25, 0.3) is 17.0 Å². The van der Waals surface area contributed by atoms with E-state index in [1.807, 2.05) is 47.0 Å². The van der Waals surface area contributed by atoms with Crippen LogP contribution in [0.1, 0.15) is 0 Å². The third-order valence-corrected chi connectivity index (χ3v) is 2.96. The smallest absolute Gasteiger partial charge is 0.168 e. The highest BCUT2D eigenvalue weighted by molar-refractivity contribution is 5.60. The minimum Gasteiger partial charge on any atom is -0.497 e. The molecule has 0 amide bonds. The summed E-state index contributed by atoms with van der Waals surface area (Å²) < 4.78 is 12.3. The lowest BCUT2D eigenvalue weighted by molar-refractivity contribution is 0.412. The van der Waals surface area contributed by atoms with Gasteiger partial charge in [-0.3, -0.25) is 4.40 Å². The van der Waals surface area contributed by atoms with Gasteiger partial charge in [0.1, 0.15) is 11.5 Å². The molecule has 5 nitrogen and oxygen atoms in total. The van der Waals surface area contributed by atoms with Crippen molar-refractivity contribution in [2.75, 3.05) is 14.2 Å². The highest BCUT2D eigenvalue weighted by Gasteiger charge is 2.08. The minimum absolute atomic E-state index is 0.766. The molecule has 5 heteroatoms. The highest BCUT2D eigenvalue weighted by atomic mass is 16.5. The zero-order chi connectivity index (χ0) is 13.2. The zero-order valence-electron chi connectivity index (χ0n) is 10.7. The van der Waals surface area contributed by atoms with Crippen molar-refractivity contribution in [2.45, 2.75) is 0 Å². The zero-order valence-corrected chi connectivity index (χ0v) is 10.7. The van der Waals surface area contributed by atoms with Crippen molar-refractivity contribution >= 4 is 5.65 Å². The number of fused-ring (bicyclic) bond motifs is 1. The van der Waals surface area contributed by atoms with Crippen LogP contribution in [0.4, 0.5) is 0 Å². The fraction of sp³-hybridized carbons (Fsp3) is 0.143. The molecule has 0 bridgehead atoms. The first-order valence-corrected chi connectivity index (χ1v) is 5.85. The molecule has 0 aliphatic heterocycles. The van der Waals surface area contributed by atoms with Gasteiger partial charge in [-0.2, -0.15) is 0 Å². The number of benzene rings is 1. The van der Waals surface area contributed by atoms with E-state index in [1.165, 1.54) is 0 Å². The molecule has 0 fully saturated rings. The second-order valence-corrected chi connectivity index (χ2v) is 4.05. The summed E-state index contributed by atoms with van der Waals surface area (Å²) in [5.74, 6) is 2.36. The second-order valence-electron chi connectivity index (χ2n) is 4.05. The Morgan fingerprint density at radius 2 is 1.53 bits per heavy atom. The van der Waals surface area contributed by atoms with E-state index in [9.17, 15) is 0 Å². The molecule has 1 aromatic carbocycles. The molecule has 0 N–H and O–H groups in total. The maximum absolute atomic E-state index is 5.22. The summed E-state index contributed by atoms with van der Waals surface area (Å²) in [5.41, 5.74) is 1.76. The van der Waals surface area contributed by atoms with Gasteiger partial charge in [0.25, 0.3) is 0 Å². The summed E-state index contributed by atoms with van der Waals surface area (Å²) >= 11 is 0. The average molecular weight is 255 g/mol. The molecule has 96 valence electrons. The Balaban J connectivity index is 2.12. The van der Waals surface area contributed by atoms with Crippen molar-refractivity contribution in [2.24, 2.45) is 0 Å². The second kappa shape index (κ2) is 4.61. The fourth-order valence-corrected chi connectivity index (χ4v) is 1.93. The summed E-state index contributed by atoms with van der Waals surface area (Å²) in [6.45, 7) is 0. The maximum Gasteiger partial charge on any atom is 0.168 e. The van der Waals surface area contributed by atoms with E-state index < -0.39 is 0 Å². The number of rotatable bonds is 3. The van der Waals surface area contributed by atoms with Gasteiger partial charge in [-0.1, -0.05) is 0 Å². The van der Waals surface area contributed by atoms with Crippen LogP contribution in [-0.4, -0.2) is 28.8 Å². The number of pyridine rings is 1. The van der Waals surface area contributed by atoms with Crippen molar-refractivity contribution < 1.29 is 9.47 Å². The number of methoxy groups -OCH3 is 2. The normalized spacial score (nSPS) is 10.6. The van der Waals surface area contributed by atoms with Crippen LogP contribution in [0.3, 0.4) is 0 Å². The van der Waals surface area contributed by atoms with Crippen LogP contribution in [-0.2, 0) is 0 Å². The predicted octanol–water partition coefficient (Wildman–Crippen LogP) is 2.41. The molecule has 3 rings (SSSR count). The Bertz CT molecular complexity index is 704. The standard InChI is InChI=1S/C14H13N3O2/c1-18-11-5-3-10(4-6-11)14-16-15-13-8-7-12(19-2)9-17(13)14/h3-9H,1-2H3. The van der Waals surface area contributed by atoms with Gasteiger partial charge >= 0.3 is 0 Å². The van der Waals surface area contributed by atoms with E-state index in [1.54, 1.807) is 14.2 Å². The number of hydrogen-bond acceptors (Lipinski definition) is 4. The van der Waals surface area contributed by atoms with Crippen molar-refractivity contribution in [3.8, 4) is 22.9 Å². The Hall–Kier alpha value is -2.56. The first-order chi connectivity index (χ1) is 9.31. The SMILES string of the molecule is COc1ccc(-c2nnc3ccc(OC)cn23)cc1. The molecule has 0 saturated carbocycles. The monoisotopic (exact) mass is 255 g/mol. The van der Waals surface area contributed by atoms with E-state index >= 15 is 0 Å². The number of hydrogen-bond donors (Lipinski definition) is 0. The number of ether oxygens (including phenoxy) is 2. The first-order valence-electron chi connectivity index (χ1n) is 5.85. The third kappa shape index (κ3) is 1.99. The molecule has 0 radical (unpaired) electrons. The molecular formula is C14H13N3O2. The number of nitrogens with zero attached hydrogens (tertiary/aromatic N) is 3. The largest absolute Gasteiger partial charge is 0.497 e. The van der Waals surface area contributed by atoms with E-state index in [0.717, 1.165) is 28.5 Å². The van der Waals surface area contributed by atoms with Crippen molar-refractivity contribution in [3.63, 3.8) is 0 Å². The Kier molecular flexibility index (Phi) is 2.79. The highest BCUT2D eigenvalue weighted by Crippen LogP contribution is 2.23. The molecule has 0 saturated heterocycles. The van der Waals surface area contributed by atoms with E-state index in [-0.39, 0.29) is 0 Å². The van der Waals surface area contributed by atoms with Crippen molar-refractivity contribution in [3.05, 3.63) is 42.6 Å². The minimum atomic E-state index is 0.766. The molecule has 0 aliphatic rings. The van der Waals surface area contributed by atoms with Gasteiger partial charge < -0.3 is 9.47 Å². The van der Waals surface area contributed by atoms with Crippen LogP contribution in [0, 0.1) is 0 Å². The summed E-state index contributed by atoms with van der Waals surface area (Å²) in [4.78, 5) is 0. The third-order valence-electron chi connectivity index (χ3n) is 2.96. The van der Waals surface area contributed by atoms with E-state index in [2.05, 4.69) is 10.2 Å². The van der Waals surface area contributed by atoms with E-state index in [4.69, 9.17) is 9.47 Å². The van der Waals surface area contributed by atoms with Crippen LogP contribution in [0.15, 0.2) is 42.6 Å². The fourth-order valence-electron chi connectivity index (χ4n) is 1.93. The van der Waals surface area contributed by atoms with Crippen molar-refractivity contribution in [1.29, 1.82) is 0 Å². The van der Waals surface area contributed by atoms with Gasteiger partial charge in [-0.25, -0.2) is 0 Å². The van der Waals surface area contributed by atoms with Gasteiger partial charge in [-0.05, 0) is 36.4 Å². The predicted molar refractivity (Wildman–Crippen MR) is 71.5 cm³/mol. The van der Waals surface area contributed by atoms with Crippen LogP contribution in [0.5, 0.6) is 11.5 Å². The lowest BCUT2D eigenvalue weighted by Gasteiger charge is -2.04. The topological polar surface area (TPSA) is 48.7 Å². The summed E-state index contributed by atoms with van der Waals surface area (Å²) in [7, 11) is 3.28. The molecule has 3 aromatic rings. The lowest BCUT2D eigenvalue weighted by Crippen LogP contribution is -1.92. The van der Waals surface area contributed by atoms with Gasteiger partial charge in [0.2, 0.25) is 0 Å². The Morgan fingerprint density at radius 1 is 0.842 bits per heavy atom. The Labute approximate surface area is 110 Å². The summed E-state index contributed by atoms with van der Waals surface area (Å²) in [6.07, 6.45) is 1.87. The van der Waals surface area contributed by atoms with Gasteiger partial charge in [0.05, 0.1) is 20.4 Å². The van der Waals surface area contributed by atoms with Crippen LogP contribution >= 0.6 is 0 Å². The van der Waals surface area contributed by atoms with Gasteiger partial charge in [0.15, 0.2) is 11.5 Å².